The lowest BCUT2D eigenvalue weighted by Crippen LogP contribution is -2.14. The molecule has 0 saturated carbocycles. The standard InChI is InChI=1S/C26H23NO6/c1-4-31-23(28)15-32-20-11-5-17(6-12-20)25-21-13-14-22(24(21)16(2)33-27-25)26(29)18-7-9-19(30-3)10-8-18/h5-14H,4,15H2,1-3H3. The summed E-state index contributed by atoms with van der Waals surface area (Å²) in [5.74, 6) is 1.25. The lowest BCUT2D eigenvalue weighted by atomic mass is 9.96. The normalized spacial score (nSPS) is 10.8. The molecular weight excluding hydrogens is 422 g/mol. The molecule has 0 amide bonds. The maximum Gasteiger partial charge on any atom is 0.344 e. The van der Waals surface area contributed by atoms with Crippen LogP contribution >= 0.6 is 0 Å². The van der Waals surface area contributed by atoms with E-state index in [0.717, 1.165) is 16.7 Å². The zero-order chi connectivity index (χ0) is 23.4. The second-order valence-electron chi connectivity index (χ2n) is 7.30. The van der Waals surface area contributed by atoms with Gasteiger partial charge in [0.2, 0.25) is 0 Å². The number of aryl methyl sites for hydroxylation is 1. The third-order valence-corrected chi connectivity index (χ3v) is 5.22. The number of hydrogen-bond acceptors (Lipinski definition) is 7. The third kappa shape index (κ3) is 4.57. The Morgan fingerprint density at radius 1 is 0.939 bits per heavy atom. The Balaban J connectivity index is 1.60. The van der Waals surface area contributed by atoms with Crippen LogP contribution in [0, 0.1) is 6.92 Å². The van der Waals surface area contributed by atoms with E-state index in [1.807, 2.05) is 18.2 Å². The molecule has 0 atom stereocenters. The summed E-state index contributed by atoms with van der Waals surface area (Å²) in [6, 6.07) is 17.8. The second kappa shape index (κ2) is 9.56. The molecule has 1 aliphatic heterocycles. The number of aromatic nitrogens is 1. The zero-order valence-electron chi connectivity index (χ0n) is 18.6. The van der Waals surface area contributed by atoms with Crippen LogP contribution in [0.1, 0.15) is 28.6 Å². The lowest BCUT2D eigenvalue weighted by molar-refractivity contribution is -0.145. The van der Waals surface area contributed by atoms with E-state index in [0.29, 0.717) is 40.7 Å². The molecule has 0 spiro atoms. The fourth-order valence-corrected chi connectivity index (χ4v) is 3.61. The van der Waals surface area contributed by atoms with E-state index in [1.165, 1.54) is 0 Å². The van der Waals surface area contributed by atoms with E-state index in [9.17, 15) is 9.59 Å². The summed E-state index contributed by atoms with van der Waals surface area (Å²) >= 11 is 0. The number of benzene rings is 2. The molecule has 1 heterocycles. The number of ether oxygens (including phenoxy) is 3. The van der Waals surface area contributed by atoms with Gasteiger partial charge in [-0.1, -0.05) is 11.2 Å². The van der Waals surface area contributed by atoms with Gasteiger partial charge in [0.05, 0.1) is 13.7 Å². The van der Waals surface area contributed by atoms with Crippen molar-refractivity contribution in [2.24, 2.45) is 0 Å². The molecule has 7 heteroatoms. The molecule has 2 aliphatic rings. The number of esters is 1. The van der Waals surface area contributed by atoms with E-state index in [-0.39, 0.29) is 12.4 Å². The summed E-state index contributed by atoms with van der Waals surface area (Å²) in [5, 5.41) is 4.26. The highest BCUT2D eigenvalue weighted by Gasteiger charge is 2.25. The van der Waals surface area contributed by atoms with Gasteiger partial charge in [-0.3, -0.25) is 4.79 Å². The van der Waals surface area contributed by atoms with Crippen LogP contribution < -0.4 is 9.47 Å². The molecule has 0 unspecified atom stereocenters. The molecule has 0 N–H and O–H groups in total. The summed E-state index contributed by atoms with van der Waals surface area (Å²) in [4.78, 5) is 24.7. The number of ketones is 1. The number of carbonyl (C=O) groups is 2. The van der Waals surface area contributed by atoms with E-state index in [2.05, 4.69) is 5.16 Å². The molecule has 7 nitrogen and oxygen atoms in total. The Bertz CT molecular complexity index is 1240. The first-order valence-corrected chi connectivity index (χ1v) is 10.5. The van der Waals surface area contributed by atoms with Gasteiger partial charge in [-0.15, -0.1) is 0 Å². The van der Waals surface area contributed by atoms with E-state index in [4.69, 9.17) is 18.7 Å². The number of nitrogens with zero attached hydrogens (tertiary/aromatic N) is 1. The first-order chi connectivity index (χ1) is 16.0. The largest absolute Gasteiger partial charge is 0.497 e. The molecule has 2 aromatic carbocycles. The van der Waals surface area contributed by atoms with Crippen molar-refractivity contribution in [3.63, 3.8) is 0 Å². The lowest BCUT2D eigenvalue weighted by Gasteiger charge is -2.11. The Kier molecular flexibility index (Phi) is 6.40. The van der Waals surface area contributed by atoms with E-state index in [1.54, 1.807) is 63.4 Å². The number of rotatable bonds is 8. The molecule has 0 saturated heterocycles. The number of carbonyl (C=O) groups excluding carboxylic acids is 2. The van der Waals surface area contributed by atoms with Gasteiger partial charge >= 0.3 is 5.97 Å². The highest BCUT2D eigenvalue weighted by molar-refractivity contribution is 6.14. The van der Waals surface area contributed by atoms with Crippen molar-refractivity contribution in [3.8, 4) is 33.9 Å². The molecular formula is C26H23NO6. The molecule has 4 rings (SSSR count). The first-order valence-electron chi connectivity index (χ1n) is 10.5. The smallest absolute Gasteiger partial charge is 0.344 e. The van der Waals surface area contributed by atoms with Crippen molar-refractivity contribution in [2.45, 2.75) is 13.8 Å². The molecule has 168 valence electrons. The minimum absolute atomic E-state index is 0.106. The maximum atomic E-state index is 13.2. The average molecular weight is 445 g/mol. The number of hydrogen-bond donors (Lipinski definition) is 0. The molecule has 0 radical (unpaired) electrons. The number of fused-ring (bicyclic) bond motifs is 1. The summed E-state index contributed by atoms with van der Waals surface area (Å²) in [6.45, 7) is 3.68. The Morgan fingerprint density at radius 3 is 2.30 bits per heavy atom. The Hall–Kier alpha value is -4.13. The molecule has 0 aromatic heterocycles. The summed E-state index contributed by atoms with van der Waals surface area (Å²) in [6.07, 6.45) is 0. The van der Waals surface area contributed by atoms with Crippen LogP contribution in [0.2, 0.25) is 0 Å². The fraction of sp³-hybridized carbons (Fsp3) is 0.192. The van der Waals surface area contributed by atoms with Crippen molar-refractivity contribution in [3.05, 3.63) is 77.6 Å². The van der Waals surface area contributed by atoms with Crippen LogP contribution in [0.4, 0.5) is 0 Å². The maximum absolute atomic E-state index is 13.2. The third-order valence-electron chi connectivity index (χ3n) is 5.22. The van der Waals surface area contributed by atoms with E-state index >= 15 is 0 Å². The van der Waals surface area contributed by atoms with Gasteiger partial charge in [0, 0.05) is 27.8 Å². The summed E-state index contributed by atoms with van der Waals surface area (Å²) in [5.41, 5.74) is 4.06. The van der Waals surface area contributed by atoms with Gasteiger partial charge < -0.3 is 18.7 Å². The predicted octanol–water partition coefficient (Wildman–Crippen LogP) is 4.94. The quantitative estimate of drug-likeness (QED) is 0.280. The molecule has 0 bridgehead atoms. The van der Waals surface area contributed by atoms with Crippen LogP contribution in [0.25, 0.3) is 22.4 Å². The SMILES string of the molecule is CCOC(=O)COc1ccc(-c2noc(C)c3c(C(=O)c4ccc(OC)cc4)ccc2-3)cc1. The van der Waals surface area contributed by atoms with Crippen LogP contribution in [0.3, 0.4) is 0 Å². The highest BCUT2D eigenvalue weighted by atomic mass is 16.6. The predicted molar refractivity (Wildman–Crippen MR) is 122 cm³/mol. The highest BCUT2D eigenvalue weighted by Crippen LogP contribution is 2.39. The topological polar surface area (TPSA) is 87.9 Å². The second-order valence-corrected chi connectivity index (χ2v) is 7.30. The Morgan fingerprint density at radius 2 is 1.64 bits per heavy atom. The minimum atomic E-state index is -0.423. The van der Waals surface area contributed by atoms with Crippen molar-refractivity contribution in [2.75, 3.05) is 20.3 Å². The summed E-state index contributed by atoms with van der Waals surface area (Å²) in [7, 11) is 1.58. The van der Waals surface area contributed by atoms with Crippen LogP contribution in [0.15, 0.2) is 65.2 Å². The fourth-order valence-electron chi connectivity index (χ4n) is 3.61. The summed E-state index contributed by atoms with van der Waals surface area (Å²) < 4.78 is 21.1. The van der Waals surface area contributed by atoms with Crippen molar-refractivity contribution in [1.29, 1.82) is 0 Å². The van der Waals surface area contributed by atoms with E-state index < -0.39 is 5.97 Å². The van der Waals surface area contributed by atoms with Crippen molar-refractivity contribution < 1.29 is 28.3 Å². The monoisotopic (exact) mass is 445 g/mol. The molecule has 33 heavy (non-hydrogen) atoms. The van der Waals surface area contributed by atoms with Gasteiger partial charge in [-0.05, 0) is 68.4 Å². The van der Waals surface area contributed by atoms with Crippen LogP contribution in [0.5, 0.6) is 11.5 Å². The van der Waals surface area contributed by atoms with Crippen molar-refractivity contribution >= 4 is 11.8 Å². The molecule has 2 aromatic rings. The molecule has 0 fully saturated rings. The first kappa shape index (κ1) is 22.1. The van der Waals surface area contributed by atoms with Gasteiger partial charge in [0.25, 0.3) is 0 Å². The molecule has 1 aliphatic carbocycles. The van der Waals surface area contributed by atoms with Gasteiger partial charge in [0.15, 0.2) is 12.4 Å². The minimum Gasteiger partial charge on any atom is -0.497 e. The van der Waals surface area contributed by atoms with Gasteiger partial charge in [0.1, 0.15) is 23.0 Å². The van der Waals surface area contributed by atoms with Crippen molar-refractivity contribution in [1.82, 2.24) is 5.16 Å². The zero-order valence-corrected chi connectivity index (χ0v) is 18.6. The Labute approximate surface area is 191 Å². The van der Waals surface area contributed by atoms with Gasteiger partial charge in [-0.2, -0.15) is 0 Å². The van der Waals surface area contributed by atoms with Crippen LogP contribution in [-0.2, 0) is 9.53 Å². The van der Waals surface area contributed by atoms with Gasteiger partial charge in [-0.25, -0.2) is 4.79 Å². The number of methoxy groups -OCH3 is 1. The van der Waals surface area contributed by atoms with Crippen LogP contribution in [-0.4, -0.2) is 37.2 Å². The average Bonchev–Trinajstić information content (AvgIpc) is 3.29.